The maximum atomic E-state index is 12.9. The average molecular weight is 386 g/mol. The standard InChI is InChI=1S/C19H19ClF3NO2/c1-12-10-14(11-13(2)18(12)20)26-9-5-8-17(25)24-16-7-4-3-6-15(16)19(21,22)23/h3-4,6-7,10-11H,5,8-9H2,1-2H3,(H,24,25). The number of carbonyl (C=O) groups excluding carboxylic acids is 1. The van der Waals surface area contributed by atoms with E-state index in [0.29, 0.717) is 17.2 Å². The van der Waals surface area contributed by atoms with Crippen molar-refractivity contribution in [2.24, 2.45) is 0 Å². The lowest BCUT2D eigenvalue weighted by Gasteiger charge is -2.13. The molecule has 0 fully saturated rings. The second kappa shape index (κ2) is 8.45. The van der Waals surface area contributed by atoms with Gasteiger partial charge in [-0.05, 0) is 55.7 Å². The normalized spacial score (nSPS) is 11.3. The van der Waals surface area contributed by atoms with Gasteiger partial charge in [0.05, 0.1) is 17.9 Å². The second-order valence-corrected chi connectivity index (χ2v) is 6.29. The Morgan fingerprint density at radius 3 is 2.38 bits per heavy atom. The number of hydrogen-bond donors (Lipinski definition) is 1. The van der Waals surface area contributed by atoms with Crippen molar-refractivity contribution in [3.63, 3.8) is 0 Å². The van der Waals surface area contributed by atoms with Crippen molar-refractivity contribution in [3.05, 3.63) is 58.1 Å². The van der Waals surface area contributed by atoms with Gasteiger partial charge in [-0.15, -0.1) is 0 Å². The number of hydrogen-bond acceptors (Lipinski definition) is 2. The van der Waals surface area contributed by atoms with Crippen LogP contribution in [0.2, 0.25) is 5.02 Å². The van der Waals surface area contributed by atoms with Crippen molar-refractivity contribution >= 4 is 23.2 Å². The van der Waals surface area contributed by atoms with Crippen molar-refractivity contribution in [2.45, 2.75) is 32.9 Å². The molecule has 0 aliphatic heterocycles. The highest BCUT2D eigenvalue weighted by Crippen LogP contribution is 2.34. The van der Waals surface area contributed by atoms with E-state index in [4.69, 9.17) is 16.3 Å². The molecule has 0 spiro atoms. The Kier molecular flexibility index (Phi) is 6.53. The van der Waals surface area contributed by atoms with Crippen LogP contribution in [0.1, 0.15) is 29.5 Å². The number of aryl methyl sites for hydroxylation is 2. The molecule has 26 heavy (non-hydrogen) atoms. The number of para-hydroxylation sites is 1. The van der Waals surface area contributed by atoms with Crippen molar-refractivity contribution in [1.29, 1.82) is 0 Å². The first-order valence-corrected chi connectivity index (χ1v) is 8.42. The van der Waals surface area contributed by atoms with E-state index in [9.17, 15) is 18.0 Å². The van der Waals surface area contributed by atoms with Crippen LogP contribution in [0.15, 0.2) is 36.4 Å². The zero-order chi connectivity index (χ0) is 19.3. The fourth-order valence-electron chi connectivity index (χ4n) is 2.46. The molecular formula is C19H19ClF3NO2. The SMILES string of the molecule is Cc1cc(OCCCC(=O)Nc2ccccc2C(F)(F)F)cc(C)c1Cl. The van der Waals surface area contributed by atoms with E-state index in [-0.39, 0.29) is 18.7 Å². The third-order valence-electron chi connectivity index (χ3n) is 3.73. The van der Waals surface area contributed by atoms with Gasteiger partial charge in [0.2, 0.25) is 5.91 Å². The minimum Gasteiger partial charge on any atom is -0.494 e. The van der Waals surface area contributed by atoms with E-state index in [0.717, 1.165) is 17.2 Å². The summed E-state index contributed by atoms with van der Waals surface area (Å²) in [6.07, 6.45) is -4.09. The molecule has 0 heterocycles. The molecule has 0 radical (unpaired) electrons. The predicted octanol–water partition coefficient (Wildman–Crippen LogP) is 5.77. The minimum absolute atomic E-state index is 0.0533. The summed E-state index contributed by atoms with van der Waals surface area (Å²) in [6, 6.07) is 8.49. The van der Waals surface area contributed by atoms with Crippen LogP contribution in [0, 0.1) is 13.8 Å². The summed E-state index contributed by atoms with van der Waals surface area (Å²) in [5.74, 6) is 0.154. The van der Waals surface area contributed by atoms with Crippen LogP contribution in [0.3, 0.4) is 0 Å². The zero-order valence-electron chi connectivity index (χ0n) is 14.4. The van der Waals surface area contributed by atoms with Gasteiger partial charge in [0, 0.05) is 11.4 Å². The van der Waals surface area contributed by atoms with Crippen LogP contribution in [0.5, 0.6) is 5.75 Å². The van der Waals surface area contributed by atoms with E-state index in [2.05, 4.69) is 5.32 Å². The Balaban J connectivity index is 1.85. The lowest BCUT2D eigenvalue weighted by Crippen LogP contribution is -2.17. The Morgan fingerprint density at radius 1 is 1.15 bits per heavy atom. The van der Waals surface area contributed by atoms with Gasteiger partial charge in [-0.3, -0.25) is 4.79 Å². The summed E-state index contributed by atoms with van der Waals surface area (Å²) in [7, 11) is 0. The first-order valence-electron chi connectivity index (χ1n) is 8.04. The number of halogens is 4. The number of carbonyl (C=O) groups is 1. The monoisotopic (exact) mass is 385 g/mol. The quantitative estimate of drug-likeness (QED) is 0.641. The van der Waals surface area contributed by atoms with Gasteiger partial charge < -0.3 is 10.1 Å². The third kappa shape index (κ3) is 5.39. The predicted molar refractivity (Wildman–Crippen MR) is 95.7 cm³/mol. The first-order chi connectivity index (χ1) is 12.2. The summed E-state index contributed by atoms with van der Waals surface area (Å²) in [5, 5.41) is 2.99. The van der Waals surface area contributed by atoms with Crippen LogP contribution < -0.4 is 10.1 Å². The molecule has 0 bridgehead atoms. The van der Waals surface area contributed by atoms with E-state index >= 15 is 0 Å². The molecular weight excluding hydrogens is 367 g/mol. The van der Waals surface area contributed by atoms with Crippen molar-refractivity contribution < 1.29 is 22.7 Å². The molecule has 0 aliphatic rings. The molecule has 2 aromatic carbocycles. The van der Waals surface area contributed by atoms with Gasteiger partial charge >= 0.3 is 6.18 Å². The molecule has 0 unspecified atom stereocenters. The summed E-state index contributed by atoms with van der Waals surface area (Å²) >= 11 is 6.09. The molecule has 2 rings (SSSR count). The summed E-state index contributed by atoms with van der Waals surface area (Å²) in [5.41, 5.74) is 0.679. The summed E-state index contributed by atoms with van der Waals surface area (Å²) in [4.78, 5) is 11.9. The molecule has 0 aliphatic carbocycles. The Bertz CT molecular complexity index is 768. The topological polar surface area (TPSA) is 38.3 Å². The number of nitrogens with one attached hydrogen (secondary N) is 1. The molecule has 7 heteroatoms. The lowest BCUT2D eigenvalue weighted by molar-refractivity contribution is -0.137. The molecule has 140 valence electrons. The fraction of sp³-hybridized carbons (Fsp3) is 0.316. The molecule has 0 saturated heterocycles. The number of amides is 1. The number of rotatable bonds is 6. The number of alkyl halides is 3. The maximum absolute atomic E-state index is 12.9. The highest BCUT2D eigenvalue weighted by Gasteiger charge is 2.33. The van der Waals surface area contributed by atoms with Crippen molar-refractivity contribution in [1.82, 2.24) is 0 Å². The third-order valence-corrected chi connectivity index (χ3v) is 4.33. The van der Waals surface area contributed by atoms with Crippen LogP contribution in [-0.2, 0) is 11.0 Å². The van der Waals surface area contributed by atoms with Crippen molar-refractivity contribution in [3.8, 4) is 5.75 Å². The number of ether oxygens (including phenoxy) is 1. The molecule has 0 saturated carbocycles. The van der Waals surface area contributed by atoms with Crippen LogP contribution in [0.25, 0.3) is 0 Å². The van der Waals surface area contributed by atoms with Gasteiger partial charge in [-0.1, -0.05) is 23.7 Å². The van der Waals surface area contributed by atoms with Crippen LogP contribution in [-0.4, -0.2) is 12.5 Å². The summed E-state index contributed by atoms with van der Waals surface area (Å²) in [6.45, 7) is 4.01. The Hall–Kier alpha value is -2.21. The maximum Gasteiger partial charge on any atom is 0.418 e. The van der Waals surface area contributed by atoms with Crippen LogP contribution in [0.4, 0.5) is 18.9 Å². The lowest BCUT2D eigenvalue weighted by atomic mass is 10.1. The van der Waals surface area contributed by atoms with E-state index < -0.39 is 17.6 Å². The zero-order valence-corrected chi connectivity index (χ0v) is 15.2. The largest absolute Gasteiger partial charge is 0.494 e. The Morgan fingerprint density at radius 2 is 1.77 bits per heavy atom. The van der Waals surface area contributed by atoms with Gasteiger partial charge in [-0.25, -0.2) is 0 Å². The Labute approximate surface area is 155 Å². The molecule has 0 atom stereocenters. The summed E-state index contributed by atoms with van der Waals surface area (Å²) < 4.78 is 44.3. The van der Waals surface area contributed by atoms with E-state index in [1.54, 1.807) is 12.1 Å². The second-order valence-electron chi connectivity index (χ2n) is 5.91. The van der Waals surface area contributed by atoms with Crippen LogP contribution >= 0.6 is 11.6 Å². The highest BCUT2D eigenvalue weighted by molar-refractivity contribution is 6.32. The molecule has 3 nitrogen and oxygen atoms in total. The van der Waals surface area contributed by atoms with Gasteiger partial charge in [-0.2, -0.15) is 13.2 Å². The fourth-order valence-corrected chi connectivity index (χ4v) is 2.57. The molecule has 1 amide bonds. The molecule has 0 aromatic heterocycles. The van der Waals surface area contributed by atoms with Crippen molar-refractivity contribution in [2.75, 3.05) is 11.9 Å². The van der Waals surface area contributed by atoms with Gasteiger partial charge in [0.25, 0.3) is 0 Å². The van der Waals surface area contributed by atoms with E-state index in [1.807, 2.05) is 13.8 Å². The average Bonchev–Trinajstić information content (AvgIpc) is 2.56. The molecule has 2 aromatic rings. The van der Waals surface area contributed by atoms with E-state index in [1.165, 1.54) is 18.2 Å². The highest BCUT2D eigenvalue weighted by atomic mass is 35.5. The van der Waals surface area contributed by atoms with Gasteiger partial charge in [0.1, 0.15) is 5.75 Å². The van der Waals surface area contributed by atoms with Gasteiger partial charge in [0.15, 0.2) is 0 Å². The number of anilines is 1. The minimum atomic E-state index is -4.52. The first kappa shape index (κ1) is 20.1. The molecule has 1 N–H and O–H groups in total. The number of benzene rings is 2. The smallest absolute Gasteiger partial charge is 0.418 e.